The van der Waals surface area contributed by atoms with Crippen LogP contribution in [0.25, 0.3) is 0 Å². The molecule has 9 heteroatoms. The number of rotatable bonds is 32. The molecule has 0 aromatic rings. The second kappa shape index (κ2) is 29.9. The van der Waals surface area contributed by atoms with E-state index in [1.807, 2.05) is 0 Å². The first kappa shape index (κ1) is 45.2. The van der Waals surface area contributed by atoms with Crippen LogP contribution in [0.15, 0.2) is 0 Å². The van der Waals surface area contributed by atoms with Gasteiger partial charge in [0, 0.05) is 19.5 Å². The van der Waals surface area contributed by atoms with E-state index in [-0.39, 0.29) is 18.9 Å². The highest BCUT2D eigenvalue weighted by atomic mass is 16.5. The molecule has 48 heavy (non-hydrogen) atoms. The summed E-state index contributed by atoms with van der Waals surface area (Å²) in [7, 11) is 0. The summed E-state index contributed by atoms with van der Waals surface area (Å²) in [6, 6.07) is 0. The van der Waals surface area contributed by atoms with E-state index in [0.717, 1.165) is 44.9 Å². The summed E-state index contributed by atoms with van der Waals surface area (Å²) < 4.78 is 5.56. The Bertz CT molecular complexity index is 741. The number of ether oxygens (including phenoxy) is 1. The summed E-state index contributed by atoms with van der Waals surface area (Å²) in [4.78, 5) is 14.8. The average molecular weight is 688 g/mol. The quantitative estimate of drug-likeness (QED) is 0.0435. The van der Waals surface area contributed by atoms with Gasteiger partial charge in [-0.15, -0.1) is 0 Å². The zero-order valence-corrected chi connectivity index (χ0v) is 31.0. The molecule has 1 saturated heterocycles. The molecule has 1 amide bonds. The molecule has 0 aromatic carbocycles. The largest absolute Gasteiger partial charge is 0.394 e. The van der Waals surface area contributed by atoms with E-state index in [1.54, 1.807) is 0 Å². The maximum absolute atomic E-state index is 13.3. The van der Waals surface area contributed by atoms with Crippen LogP contribution in [-0.2, 0) is 9.53 Å². The molecule has 1 rings (SSSR count). The van der Waals surface area contributed by atoms with E-state index in [9.17, 15) is 35.4 Å². The second-order valence-corrected chi connectivity index (χ2v) is 14.6. The van der Waals surface area contributed by atoms with Crippen molar-refractivity contribution >= 4 is 5.91 Å². The van der Waals surface area contributed by atoms with E-state index < -0.39 is 49.3 Å². The van der Waals surface area contributed by atoms with Crippen LogP contribution in [0.5, 0.6) is 0 Å². The van der Waals surface area contributed by atoms with Crippen LogP contribution in [0.1, 0.15) is 181 Å². The number of carbonyl (C=O) groups excluding carboxylic acids is 1. The molecule has 6 N–H and O–H groups in total. The van der Waals surface area contributed by atoms with Crippen molar-refractivity contribution in [2.75, 3.05) is 19.7 Å². The lowest BCUT2D eigenvalue weighted by Crippen LogP contribution is -2.59. The Balaban J connectivity index is 2.38. The van der Waals surface area contributed by atoms with Crippen molar-refractivity contribution in [2.45, 2.75) is 224 Å². The molecule has 1 heterocycles. The lowest BCUT2D eigenvalue weighted by molar-refractivity contribution is -0.234. The highest BCUT2D eigenvalue weighted by molar-refractivity contribution is 5.80. The number of hydrogen-bond acceptors (Lipinski definition) is 8. The predicted molar refractivity (Wildman–Crippen MR) is 194 cm³/mol. The SMILES string of the molecule is CCCCCCCCCCCCCCCCCCCCN(CC(O)CC1O[C@H](CO)[C@@H](O)[C@H](O)[C@H]1O)C(=O)C(O)CCCCCCCC. The summed E-state index contributed by atoms with van der Waals surface area (Å²) in [5.74, 6) is -0.386. The third-order valence-electron chi connectivity index (χ3n) is 10.1. The first-order valence-electron chi connectivity index (χ1n) is 20.2. The van der Waals surface area contributed by atoms with Crippen molar-refractivity contribution in [2.24, 2.45) is 0 Å². The van der Waals surface area contributed by atoms with Gasteiger partial charge in [0.1, 0.15) is 30.5 Å². The molecular weight excluding hydrogens is 610 g/mol. The molecule has 1 aliphatic rings. The Hall–Kier alpha value is -0.810. The summed E-state index contributed by atoms with van der Waals surface area (Å²) in [5.41, 5.74) is 0. The number of amides is 1. The maximum Gasteiger partial charge on any atom is 0.251 e. The van der Waals surface area contributed by atoms with Crippen molar-refractivity contribution in [1.82, 2.24) is 4.90 Å². The van der Waals surface area contributed by atoms with Crippen LogP contribution in [0.2, 0.25) is 0 Å². The van der Waals surface area contributed by atoms with Gasteiger partial charge in [-0.05, 0) is 12.8 Å². The first-order valence-corrected chi connectivity index (χ1v) is 20.2. The minimum Gasteiger partial charge on any atom is -0.394 e. The molecule has 7 atom stereocenters. The molecule has 0 spiro atoms. The maximum atomic E-state index is 13.3. The molecule has 0 saturated carbocycles. The minimum atomic E-state index is -1.51. The van der Waals surface area contributed by atoms with Crippen LogP contribution in [0.4, 0.5) is 0 Å². The Morgan fingerprint density at radius 2 is 0.979 bits per heavy atom. The van der Waals surface area contributed by atoms with Crippen LogP contribution < -0.4 is 0 Å². The monoisotopic (exact) mass is 688 g/mol. The number of hydrogen-bond donors (Lipinski definition) is 6. The van der Waals surface area contributed by atoms with Gasteiger partial charge in [-0.2, -0.15) is 0 Å². The van der Waals surface area contributed by atoms with Gasteiger partial charge < -0.3 is 40.3 Å². The van der Waals surface area contributed by atoms with E-state index >= 15 is 0 Å². The molecule has 1 aliphatic heterocycles. The van der Waals surface area contributed by atoms with Crippen LogP contribution in [0.3, 0.4) is 0 Å². The first-order chi connectivity index (χ1) is 23.3. The Labute approximate surface area is 293 Å². The molecule has 1 fully saturated rings. The number of aliphatic hydroxyl groups excluding tert-OH is 6. The number of unbranched alkanes of at least 4 members (excludes halogenated alkanes) is 22. The Morgan fingerprint density at radius 1 is 0.583 bits per heavy atom. The van der Waals surface area contributed by atoms with Crippen LogP contribution in [-0.4, -0.2) is 104 Å². The van der Waals surface area contributed by atoms with E-state index in [1.165, 1.54) is 114 Å². The lowest BCUT2D eigenvalue weighted by Gasteiger charge is -2.41. The molecule has 0 radical (unpaired) electrons. The second-order valence-electron chi connectivity index (χ2n) is 14.6. The van der Waals surface area contributed by atoms with E-state index in [0.29, 0.717) is 13.0 Å². The van der Waals surface area contributed by atoms with Gasteiger partial charge in [0.05, 0.1) is 18.8 Å². The van der Waals surface area contributed by atoms with Gasteiger partial charge in [-0.25, -0.2) is 0 Å². The fraction of sp³-hybridized carbons (Fsp3) is 0.974. The summed E-state index contributed by atoms with van der Waals surface area (Å²) >= 11 is 0. The topological polar surface area (TPSA) is 151 Å². The average Bonchev–Trinajstić information content (AvgIpc) is 3.08. The minimum absolute atomic E-state index is 0.0274. The highest BCUT2D eigenvalue weighted by Crippen LogP contribution is 2.25. The normalized spacial score (nSPS) is 22.5. The summed E-state index contributed by atoms with van der Waals surface area (Å²) in [6.45, 7) is 4.30. The molecule has 0 bridgehead atoms. The van der Waals surface area contributed by atoms with Crippen LogP contribution >= 0.6 is 0 Å². The third kappa shape index (κ3) is 20.8. The summed E-state index contributed by atoms with van der Waals surface area (Å²) in [5, 5.41) is 61.7. The molecule has 0 aromatic heterocycles. The zero-order valence-electron chi connectivity index (χ0n) is 31.0. The van der Waals surface area contributed by atoms with Crippen molar-refractivity contribution in [1.29, 1.82) is 0 Å². The van der Waals surface area contributed by atoms with Crippen molar-refractivity contribution < 1.29 is 40.2 Å². The molecule has 286 valence electrons. The van der Waals surface area contributed by atoms with E-state index in [2.05, 4.69) is 13.8 Å². The van der Waals surface area contributed by atoms with E-state index in [4.69, 9.17) is 4.74 Å². The van der Waals surface area contributed by atoms with Gasteiger partial charge in [0.2, 0.25) is 0 Å². The number of carbonyl (C=O) groups is 1. The zero-order chi connectivity index (χ0) is 35.4. The highest BCUT2D eigenvalue weighted by Gasteiger charge is 2.44. The fourth-order valence-corrected chi connectivity index (χ4v) is 6.92. The van der Waals surface area contributed by atoms with Crippen LogP contribution in [0, 0.1) is 0 Å². The molecule has 0 aliphatic carbocycles. The molecule has 9 nitrogen and oxygen atoms in total. The smallest absolute Gasteiger partial charge is 0.251 e. The third-order valence-corrected chi connectivity index (χ3v) is 10.1. The van der Waals surface area contributed by atoms with Crippen molar-refractivity contribution in [3.63, 3.8) is 0 Å². The van der Waals surface area contributed by atoms with Gasteiger partial charge in [0.25, 0.3) is 5.91 Å². The molecule has 3 unspecified atom stereocenters. The van der Waals surface area contributed by atoms with Gasteiger partial charge in [-0.3, -0.25) is 4.79 Å². The standard InChI is InChI=1S/C39H77NO8/c1-3-5-7-9-11-12-13-14-15-16-17-18-19-20-21-22-24-26-28-40(39(47)33(43)27-25-23-10-8-6-4-2)30-32(42)29-34-36(44)38(46)37(45)35(31-41)48-34/h32-38,41-46H,3-31H2,1-2H3/t32?,33?,34?,35-,36+,37-,38-/m1/s1. The Kier molecular flexibility index (Phi) is 28.1. The van der Waals surface area contributed by atoms with Gasteiger partial charge in [0.15, 0.2) is 0 Å². The number of aliphatic hydroxyl groups is 6. The van der Waals surface area contributed by atoms with Gasteiger partial charge >= 0.3 is 0 Å². The fourth-order valence-electron chi connectivity index (χ4n) is 6.92. The van der Waals surface area contributed by atoms with Crippen molar-refractivity contribution in [3.05, 3.63) is 0 Å². The predicted octanol–water partition coefficient (Wildman–Crippen LogP) is 6.56. The van der Waals surface area contributed by atoms with Gasteiger partial charge in [-0.1, -0.05) is 162 Å². The molecular formula is C39H77NO8. The number of nitrogens with zero attached hydrogens (tertiary/aromatic N) is 1. The lowest BCUT2D eigenvalue weighted by atomic mass is 9.92. The Morgan fingerprint density at radius 3 is 1.42 bits per heavy atom. The summed E-state index contributed by atoms with van der Waals surface area (Å²) in [6.07, 6.45) is 21.0. The van der Waals surface area contributed by atoms with Crippen molar-refractivity contribution in [3.8, 4) is 0 Å².